The number of ether oxygens (including phenoxy) is 1. The Kier molecular flexibility index (Phi) is 7.45. The number of halogens is 1. The lowest BCUT2D eigenvalue weighted by Gasteiger charge is -2.39. The first-order valence-corrected chi connectivity index (χ1v) is 14.0. The molecule has 2 fully saturated rings. The van der Waals surface area contributed by atoms with Crippen molar-refractivity contribution in [1.82, 2.24) is 19.6 Å². The molecule has 2 aromatic carbocycles. The summed E-state index contributed by atoms with van der Waals surface area (Å²) >= 11 is 0. The molecule has 0 unspecified atom stereocenters. The summed E-state index contributed by atoms with van der Waals surface area (Å²) in [6.07, 6.45) is 11.5. The van der Waals surface area contributed by atoms with E-state index in [4.69, 9.17) is 11.2 Å². The molecule has 1 aromatic heterocycles. The number of hydrogen-bond donors (Lipinski definition) is 2. The normalized spacial score (nSPS) is 23.4. The van der Waals surface area contributed by atoms with Crippen LogP contribution < -0.4 is 5.32 Å². The van der Waals surface area contributed by atoms with Crippen molar-refractivity contribution in [2.45, 2.75) is 55.6 Å². The molecule has 0 amide bonds. The summed E-state index contributed by atoms with van der Waals surface area (Å²) in [5, 5.41) is 2.86. The predicted octanol–water partition coefficient (Wildman–Crippen LogP) is 4.01. The number of aromatic amines is 1. The molecule has 0 saturated carbocycles. The van der Waals surface area contributed by atoms with Crippen LogP contribution in [0.2, 0.25) is 0 Å². The van der Waals surface area contributed by atoms with Crippen LogP contribution in [0.15, 0.2) is 60.9 Å². The summed E-state index contributed by atoms with van der Waals surface area (Å²) in [5.74, 6) is 2.96. The Morgan fingerprint density at radius 3 is 2.65 bits per heavy atom. The van der Waals surface area contributed by atoms with Gasteiger partial charge in [-0.2, -0.15) is 4.31 Å². The lowest BCUT2D eigenvalue weighted by atomic mass is 9.82. The average molecular weight is 523 g/mol. The Bertz CT molecular complexity index is 1350. The molecule has 2 N–H and O–H groups in total. The molecule has 0 spiro atoms. The number of nitrogens with zero attached hydrogens (tertiary/aromatic N) is 2. The van der Waals surface area contributed by atoms with Crippen molar-refractivity contribution in [3.63, 3.8) is 0 Å². The molecule has 7 nitrogen and oxygen atoms in total. The van der Waals surface area contributed by atoms with Crippen LogP contribution in [0.3, 0.4) is 0 Å². The number of H-pyrrole nitrogens is 1. The molecule has 0 bridgehead atoms. The van der Waals surface area contributed by atoms with E-state index in [0.717, 1.165) is 17.0 Å². The lowest BCUT2D eigenvalue weighted by Crippen LogP contribution is -2.47. The summed E-state index contributed by atoms with van der Waals surface area (Å²) in [6.45, 7) is 1.52. The second-order valence-corrected chi connectivity index (χ2v) is 11.7. The van der Waals surface area contributed by atoms with E-state index in [0.29, 0.717) is 51.0 Å². The second kappa shape index (κ2) is 10.8. The Labute approximate surface area is 217 Å². The molecule has 3 aromatic rings. The molecule has 194 valence electrons. The van der Waals surface area contributed by atoms with Crippen molar-refractivity contribution in [2.24, 2.45) is 0 Å². The minimum absolute atomic E-state index is 0.109. The van der Waals surface area contributed by atoms with Gasteiger partial charge >= 0.3 is 0 Å². The number of benzene rings is 2. The summed E-state index contributed by atoms with van der Waals surface area (Å²) in [5.41, 5.74) is 1.36. The van der Waals surface area contributed by atoms with Gasteiger partial charge in [-0.25, -0.2) is 17.8 Å². The Morgan fingerprint density at radius 1 is 1.19 bits per heavy atom. The first kappa shape index (κ1) is 25.6. The molecule has 3 heterocycles. The summed E-state index contributed by atoms with van der Waals surface area (Å²) < 4.78 is 49.7. The molecule has 2 aliphatic heterocycles. The maximum absolute atomic E-state index is 15.6. The van der Waals surface area contributed by atoms with Gasteiger partial charge in [0.15, 0.2) is 0 Å². The Balaban J connectivity index is 1.41. The lowest BCUT2D eigenvalue weighted by molar-refractivity contribution is 0.0354. The molecule has 5 rings (SSSR count). The fourth-order valence-electron chi connectivity index (χ4n) is 5.39. The van der Waals surface area contributed by atoms with E-state index in [1.54, 1.807) is 18.5 Å². The van der Waals surface area contributed by atoms with Crippen LogP contribution in [0.4, 0.5) is 4.39 Å². The number of nitrogens with one attached hydrogen (secondary N) is 2. The number of rotatable bonds is 7. The van der Waals surface area contributed by atoms with Gasteiger partial charge in [-0.15, -0.1) is 6.42 Å². The zero-order valence-corrected chi connectivity index (χ0v) is 21.4. The van der Waals surface area contributed by atoms with Crippen LogP contribution >= 0.6 is 0 Å². The predicted molar refractivity (Wildman–Crippen MR) is 139 cm³/mol. The molecule has 0 aliphatic carbocycles. The molecule has 2 atom stereocenters. The van der Waals surface area contributed by atoms with Crippen LogP contribution in [0.1, 0.15) is 53.4 Å². The fraction of sp³-hybridized carbons (Fsp3) is 0.393. The molecule has 9 heteroatoms. The summed E-state index contributed by atoms with van der Waals surface area (Å²) in [6, 6.07) is 13.6. The third-order valence-corrected chi connectivity index (χ3v) is 9.79. The van der Waals surface area contributed by atoms with E-state index in [-0.39, 0.29) is 6.54 Å². The third kappa shape index (κ3) is 5.20. The molecule has 2 saturated heterocycles. The first-order valence-electron chi connectivity index (χ1n) is 12.5. The third-order valence-electron chi connectivity index (χ3n) is 7.53. The minimum Gasteiger partial charge on any atom is -0.381 e. The van der Waals surface area contributed by atoms with E-state index in [1.807, 2.05) is 36.4 Å². The minimum atomic E-state index is -3.79. The maximum atomic E-state index is 15.6. The average Bonchev–Trinajstić information content (AvgIpc) is 3.44. The largest absolute Gasteiger partial charge is 0.381 e. The van der Waals surface area contributed by atoms with Gasteiger partial charge in [0.05, 0.1) is 12.6 Å². The van der Waals surface area contributed by atoms with Crippen molar-refractivity contribution < 1.29 is 17.5 Å². The number of hydrogen-bond acceptors (Lipinski definition) is 5. The van der Waals surface area contributed by atoms with Crippen molar-refractivity contribution >= 4 is 10.0 Å². The van der Waals surface area contributed by atoms with E-state index in [2.05, 4.69) is 21.2 Å². The second-order valence-electron chi connectivity index (χ2n) is 9.64. The molecule has 37 heavy (non-hydrogen) atoms. The van der Waals surface area contributed by atoms with E-state index in [9.17, 15) is 8.42 Å². The highest BCUT2D eigenvalue weighted by Crippen LogP contribution is 2.39. The van der Waals surface area contributed by atoms with Gasteiger partial charge in [-0.3, -0.25) is 0 Å². The highest BCUT2D eigenvalue weighted by molar-refractivity contribution is 7.89. The van der Waals surface area contributed by atoms with Crippen LogP contribution in [0, 0.1) is 18.2 Å². The van der Waals surface area contributed by atoms with Crippen molar-refractivity contribution in [3.05, 3.63) is 89.3 Å². The number of sulfonamides is 1. The van der Waals surface area contributed by atoms with E-state index >= 15 is 4.39 Å². The number of terminal acetylenes is 1. The maximum Gasteiger partial charge on any atom is 0.222 e. The standard InChI is InChI=1S/C28H31FN4O3S/c1-2-24-10-11-26(21-6-4-3-5-7-21)37(34,35)33(24)20-22-8-9-23(18-25(22)29)28(12-16-36-17-13-28)32-19-27-30-14-15-31-27/h1,3-9,14-15,18,24,26,32H,10-13,16-17,19-20H2,(H,30,31)/t24-,26+/m0/s1. The zero-order chi connectivity index (χ0) is 25.9. The van der Waals surface area contributed by atoms with E-state index < -0.39 is 32.7 Å². The van der Waals surface area contributed by atoms with Gasteiger partial charge in [-0.05, 0) is 42.9 Å². The molecular weight excluding hydrogens is 491 g/mol. The molecular formula is C28H31FN4O3S. The van der Waals surface area contributed by atoms with Gasteiger partial charge in [0, 0.05) is 43.3 Å². The Morgan fingerprint density at radius 2 is 1.97 bits per heavy atom. The van der Waals surface area contributed by atoms with Gasteiger partial charge in [-0.1, -0.05) is 48.4 Å². The smallest absolute Gasteiger partial charge is 0.222 e. The highest BCUT2D eigenvalue weighted by Gasteiger charge is 2.42. The van der Waals surface area contributed by atoms with Crippen molar-refractivity contribution in [1.29, 1.82) is 0 Å². The van der Waals surface area contributed by atoms with Gasteiger partial charge in [0.1, 0.15) is 16.9 Å². The van der Waals surface area contributed by atoms with Gasteiger partial charge in [0.25, 0.3) is 0 Å². The van der Waals surface area contributed by atoms with Gasteiger partial charge in [0.2, 0.25) is 10.0 Å². The molecule has 0 radical (unpaired) electrons. The van der Waals surface area contributed by atoms with Crippen molar-refractivity contribution in [3.8, 4) is 12.3 Å². The zero-order valence-electron chi connectivity index (χ0n) is 20.6. The van der Waals surface area contributed by atoms with Crippen LogP contribution in [-0.2, 0) is 33.4 Å². The van der Waals surface area contributed by atoms with Crippen molar-refractivity contribution in [2.75, 3.05) is 13.2 Å². The van der Waals surface area contributed by atoms with Crippen LogP contribution in [0.5, 0.6) is 0 Å². The Hall–Kier alpha value is -3.03. The van der Waals surface area contributed by atoms with Crippen LogP contribution in [-0.4, -0.2) is 41.9 Å². The quantitative estimate of drug-likeness (QED) is 0.458. The SMILES string of the molecule is C#C[C@H]1CC[C@H](c2ccccc2)S(=O)(=O)N1Cc1ccc(C2(NCc3ncc[nH]3)CCOCC2)cc1F. The summed E-state index contributed by atoms with van der Waals surface area (Å²) in [7, 11) is -3.79. The van der Waals surface area contributed by atoms with Crippen LogP contribution in [0.25, 0.3) is 0 Å². The summed E-state index contributed by atoms with van der Waals surface area (Å²) in [4.78, 5) is 7.36. The monoisotopic (exact) mass is 522 g/mol. The molecule has 2 aliphatic rings. The topological polar surface area (TPSA) is 87.3 Å². The first-order chi connectivity index (χ1) is 17.9. The fourth-order valence-corrected chi connectivity index (χ4v) is 7.49. The number of aromatic nitrogens is 2. The number of imidazole rings is 1. The highest BCUT2D eigenvalue weighted by atomic mass is 32.2. The van der Waals surface area contributed by atoms with E-state index in [1.165, 1.54) is 10.4 Å². The van der Waals surface area contributed by atoms with Gasteiger partial charge < -0.3 is 15.0 Å².